The van der Waals surface area contributed by atoms with Crippen LogP contribution in [0.1, 0.15) is 34.9 Å². The number of para-hydroxylation sites is 1. The Morgan fingerprint density at radius 3 is 2.93 bits per heavy atom. The summed E-state index contributed by atoms with van der Waals surface area (Å²) in [5.41, 5.74) is 2.76. The summed E-state index contributed by atoms with van der Waals surface area (Å²) in [6, 6.07) is 10.4. The summed E-state index contributed by atoms with van der Waals surface area (Å²) < 4.78 is 7.36. The number of carbonyl (C=O) groups is 1. The second-order valence-corrected chi connectivity index (χ2v) is 7.09. The number of ether oxygens (including phenoxy) is 1. The Hall–Kier alpha value is -2.38. The van der Waals surface area contributed by atoms with E-state index in [1.807, 2.05) is 23.0 Å². The first-order valence-electron chi connectivity index (χ1n) is 9.76. The van der Waals surface area contributed by atoms with E-state index in [9.17, 15) is 4.79 Å². The van der Waals surface area contributed by atoms with Gasteiger partial charge in [0.2, 0.25) is 0 Å². The van der Waals surface area contributed by atoms with Crippen LogP contribution in [0.25, 0.3) is 0 Å². The van der Waals surface area contributed by atoms with Crippen LogP contribution in [-0.4, -0.2) is 55.1 Å². The largest absolute Gasteiger partial charge is 0.378 e. The second kappa shape index (κ2) is 8.54. The van der Waals surface area contributed by atoms with E-state index in [-0.39, 0.29) is 5.91 Å². The molecule has 0 saturated carbocycles. The van der Waals surface area contributed by atoms with E-state index in [0.29, 0.717) is 18.3 Å². The zero-order chi connectivity index (χ0) is 18.5. The zero-order valence-corrected chi connectivity index (χ0v) is 15.6. The minimum absolute atomic E-state index is 0.130. The quantitative estimate of drug-likeness (QED) is 0.837. The number of nitrogens with one attached hydrogen (secondary N) is 2. The molecule has 3 heterocycles. The summed E-state index contributed by atoms with van der Waals surface area (Å²) in [4.78, 5) is 14.9. The molecule has 144 valence electrons. The summed E-state index contributed by atoms with van der Waals surface area (Å²) in [5, 5.41) is 10.9. The van der Waals surface area contributed by atoms with Gasteiger partial charge in [0.1, 0.15) is 5.69 Å². The van der Waals surface area contributed by atoms with Crippen molar-refractivity contribution in [1.29, 1.82) is 0 Å². The zero-order valence-electron chi connectivity index (χ0n) is 15.6. The lowest BCUT2D eigenvalue weighted by Crippen LogP contribution is -2.37. The summed E-state index contributed by atoms with van der Waals surface area (Å²) in [5.74, 6) is -0.130. The lowest BCUT2D eigenvalue weighted by atomic mass is 10.1. The highest BCUT2D eigenvalue weighted by molar-refractivity contribution is 5.92. The van der Waals surface area contributed by atoms with E-state index in [1.165, 1.54) is 5.69 Å². The Morgan fingerprint density at radius 2 is 2.11 bits per heavy atom. The molecule has 1 amide bonds. The lowest BCUT2D eigenvalue weighted by molar-refractivity contribution is 0.0944. The lowest BCUT2D eigenvalue weighted by Gasteiger charge is -2.30. The van der Waals surface area contributed by atoms with Crippen LogP contribution in [0.4, 0.5) is 5.69 Å². The number of morpholine rings is 1. The average molecular weight is 369 g/mol. The van der Waals surface area contributed by atoms with E-state index in [4.69, 9.17) is 4.74 Å². The fourth-order valence-corrected chi connectivity index (χ4v) is 3.76. The van der Waals surface area contributed by atoms with Crippen LogP contribution in [0.15, 0.2) is 36.5 Å². The molecule has 0 spiro atoms. The average Bonchev–Trinajstić information content (AvgIpc) is 3.24. The van der Waals surface area contributed by atoms with Gasteiger partial charge in [0.05, 0.1) is 19.3 Å². The molecular weight excluding hydrogens is 342 g/mol. The number of amides is 1. The van der Waals surface area contributed by atoms with Crippen LogP contribution < -0.4 is 15.5 Å². The van der Waals surface area contributed by atoms with Gasteiger partial charge >= 0.3 is 0 Å². The molecule has 1 atom stereocenters. The van der Waals surface area contributed by atoms with Gasteiger partial charge in [0.15, 0.2) is 0 Å². The van der Waals surface area contributed by atoms with Crippen LogP contribution >= 0.6 is 0 Å². The molecule has 2 aliphatic heterocycles. The summed E-state index contributed by atoms with van der Waals surface area (Å²) in [6.45, 7) is 5.71. The number of hydrogen-bond acceptors (Lipinski definition) is 5. The van der Waals surface area contributed by atoms with Gasteiger partial charge in [0.25, 0.3) is 5.91 Å². The van der Waals surface area contributed by atoms with Crippen LogP contribution in [0.3, 0.4) is 0 Å². The maximum Gasteiger partial charge on any atom is 0.272 e. The Bertz CT molecular complexity index is 763. The van der Waals surface area contributed by atoms with Gasteiger partial charge in [0, 0.05) is 38.1 Å². The molecule has 1 unspecified atom stereocenters. The smallest absolute Gasteiger partial charge is 0.272 e. The van der Waals surface area contributed by atoms with Crippen molar-refractivity contribution in [3.63, 3.8) is 0 Å². The van der Waals surface area contributed by atoms with E-state index in [1.54, 1.807) is 6.07 Å². The standard InChI is InChI=1S/C20H27N5O2/c26-20(18-7-9-25(23-18)17-5-3-8-21-15-17)22-14-16-4-1-2-6-19(16)24-10-12-27-13-11-24/h1-2,4,6-7,9,17,21H,3,5,8,10-15H2,(H,22,26). The van der Waals surface area contributed by atoms with Gasteiger partial charge in [-0.15, -0.1) is 0 Å². The van der Waals surface area contributed by atoms with Crippen molar-refractivity contribution < 1.29 is 9.53 Å². The highest BCUT2D eigenvalue weighted by Crippen LogP contribution is 2.21. The van der Waals surface area contributed by atoms with Crippen molar-refractivity contribution >= 4 is 11.6 Å². The SMILES string of the molecule is O=C(NCc1ccccc1N1CCOCC1)c1ccn(C2CCCNC2)n1. The third kappa shape index (κ3) is 4.31. The molecule has 2 aliphatic rings. The molecule has 27 heavy (non-hydrogen) atoms. The van der Waals surface area contributed by atoms with E-state index in [0.717, 1.165) is 57.8 Å². The third-order valence-corrected chi connectivity index (χ3v) is 5.27. The predicted molar refractivity (Wildman–Crippen MR) is 104 cm³/mol. The summed E-state index contributed by atoms with van der Waals surface area (Å²) in [7, 11) is 0. The molecule has 2 fully saturated rings. The number of benzene rings is 1. The second-order valence-electron chi connectivity index (χ2n) is 7.09. The van der Waals surface area contributed by atoms with Crippen molar-refractivity contribution in [2.45, 2.75) is 25.4 Å². The van der Waals surface area contributed by atoms with Crippen molar-refractivity contribution in [3.05, 3.63) is 47.8 Å². The molecule has 4 rings (SSSR count). The first kappa shape index (κ1) is 18.0. The molecular formula is C20H27N5O2. The Labute approximate surface area is 159 Å². The molecule has 0 bridgehead atoms. The van der Waals surface area contributed by atoms with Crippen LogP contribution in [0, 0.1) is 0 Å². The van der Waals surface area contributed by atoms with Crippen LogP contribution in [0.2, 0.25) is 0 Å². The van der Waals surface area contributed by atoms with Crippen molar-refractivity contribution in [2.24, 2.45) is 0 Å². The van der Waals surface area contributed by atoms with Gasteiger partial charge in [-0.1, -0.05) is 18.2 Å². The maximum atomic E-state index is 12.6. The minimum Gasteiger partial charge on any atom is -0.378 e. The molecule has 2 N–H and O–H groups in total. The monoisotopic (exact) mass is 369 g/mol. The summed E-state index contributed by atoms with van der Waals surface area (Å²) in [6.07, 6.45) is 4.15. The Balaban J connectivity index is 1.39. The fourth-order valence-electron chi connectivity index (χ4n) is 3.76. The highest BCUT2D eigenvalue weighted by Gasteiger charge is 2.18. The number of rotatable bonds is 5. The van der Waals surface area contributed by atoms with Crippen LogP contribution in [0.5, 0.6) is 0 Å². The van der Waals surface area contributed by atoms with Gasteiger partial charge < -0.3 is 20.3 Å². The van der Waals surface area contributed by atoms with E-state index in [2.05, 4.69) is 32.8 Å². The maximum absolute atomic E-state index is 12.6. The van der Waals surface area contributed by atoms with Crippen LogP contribution in [-0.2, 0) is 11.3 Å². The molecule has 1 aromatic carbocycles. The van der Waals surface area contributed by atoms with Crippen molar-refractivity contribution in [3.8, 4) is 0 Å². The minimum atomic E-state index is -0.130. The number of hydrogen-bond donors (Lipinski definition) is 2. The van der Waals surface area contributed by atoms with Gasteiger partial charge in [-0.05, 0) is 37.1 Å². The van der Waals surface area contributed by atoms with Crippen molar-refractivity contribution in [1.82, 2.24) is 20.4 Å². The molecule has 7 nitrogen and oxygen atoms in total. The van der Waals surface area contributed by atoms with Gasteiger partial charge in [-0.25, -0.2) is 0 Å². The molecule has 1 aromatic heterocycles. The third-order valence-electron chi connectivity index (χ3n) is 5.27. The van der Waals surface area contributed by atoms with E-state index < -0.39 is 0 Å². The molecule has 7 heteroatoms. The van der Waals surface area contributed by atoms with E-state index >= 15 is 0 Å². The Kier molecular flexibility index (Phi) is 5.69. The number of carbonyl (C=O) groups excluding carboxylic acids is 1. The topological polar surface area (TPSA) is 71.4 Å². The van der Waals surface area contributed by atoms with Gasteiger partial charge in [-0.2, -0.15) is 5.10 Å². The first-order chi connectivity index (χ1) is 13.3. The predicted octanol–water partition coefficient (Wildman–Crippen LogP) is 1.57. The first-order valence-corrected chi connectivity index (χ1v) is 9.76. The number of aromatic nitrogens is 2. The molecule has 0 aliphatic carbocycles. The highest BCUT2D eigenvalue weighted by atomic mass is 16.5. The Morgan fingerprint density at radius 1 is 1.26 bits per heavy atom. The molecule has 2 saturated heterocycles. The number of nitrogens with zero attached hydrogens (tertiary/aromatic N) is 3. The molecule has 2 aromatic rings. The fraction of sp³-hybridized carbons (Fsp3) is 0.500. The number of piperidine rings is 1. The van der Waals surface area contributed by atoms with Crippen molar-refractivity contribution in [2.75, 3.05) is 44.3 Å². The number of anilines is 1. The summed E-state index contributed by atoms with van der Waals surface area (Å²) >= 11 is 0. The van der Waals surface area contributed by atoms with Gasteiger partial charge in [-0.3, -0.25) is 9.48 Å². The normalized spacial score (nSPS) is 20.4. The molecule has 0 radical (unpaired) electrons.